The quantitative estimate of drug-likeness (QED) is 0.390. The van der Waals surface area contributed by atoms with Crippen LogP contribution in [0.3, 0.4) is 0 Å². The Bertz CT molecular complexity index is 977. The molecule has 8 heteroatoms. The zero-order valence-corrected chi connectivity index (χ0v) is 17.7. The molecule has 1 aliphatic rings. The summed E-state index contributed by atoms with van der Waals surface area (Å²) in [5.74, 6) is 1.22. The Hall–Kier alpha value is -2.32. The number of H-pyrrole nitrogens is 1. The van der Waals surface area contributed by atoms with Crippen molar-refractivity contribution in [2.75, 3.05) is 18.9 Å². The van der Waals surface area contributed by atoms with Crippen LogP contribution in [-0.2, 0) is 9.53 Å². The molecular weight excluding hydrogens is 386 g/mol. The van der Waals surface area contributed by atoms with Gasteiger partial charge in [0.05, 0.1) is 11.9 Å². The molecule has 2 N–H and O–H groups in total. The number of hydrogen-bond acceptors (Lipinski definition) is 5. The number of rotatable bonds is 10. The first-order chi connectivity index (χ1) is 14.1. The minimum absolute atomic E-state index is 0.0125. The molecule has 2 heterocycles. The Morgan fingerprint density at radius 3 is 2.97 bits per heavy atom. The van der Waals surface area contributed by atoms with Gasteiger partial charge in [0.1, 0.15) is 0 Å². The summed E-state index contributed by atoms with van der Waals surface area (Å²) in [7, 11) is 0. The molecular formula is C21H27N5O2S. The number of hydrogen-bond donors (Lipinski definition) is 2. The highest BCUT2D eigenvalue weighted by molar-refractivity contribution is 7.99. The van der Waals surface area contributed by atoms with E-state index in [0.29, 0.717) is 24.9 Å². The lowest BCUT2D eigenvalue weighted by Gasteiger charge is -2.09. The summed E-state index contributed by atoms with van der Waals surface area (Å²) in [5, 5.41) is 13.8. The molecule has 7 nitrogen and oxygen atoms in total. The van der Waals surface area contributed by atoms with E-state index in [1.807, 2.05) is 32.2 Å². The molecule has 1 saturated carbocycles. The number of thioether (sulfide) groups is 1. The summed E-state index contributed by atoms with van der Waals surface area (Å²) in [4.78, 5) is 15.5. The van der Waals surface area contributed by atoms with Gasteiger partial charge in [-0.1, -0.05) is 30.0 Å². The van der Waals surface area contributed by atoms with Crippen molar-refractivity contribution < 1.29 is 9.53 Å². The average Bonchev–Trinajstić information content (AvgIpc) is 3.32. The van der Waals surface area contributed by atoms with Gasteiger partial charge >= 0.3 is 0 Å². The van der Waals surface area contributed by atoms with Gasteiger partial charge in [0, 0.05) is 41.9 Å². The number of nitrogens with one attached hydrogen (secondary N) is 2. The summed E-state index contributed by atoms with van der Waals surface area (Å²) < 4.78 is 7.69. The van der Waals surface area contributed by atoms with Crippen molar-refractivity contribution in [1.82, 2.24) is 25.1 Å². The zero-order valence-electron chi connectivity index (χ0n) is 16.9. The van der Waals surface area contributed by atoms with E-state index in [0.717, 1.165) is 46.7 Å². The monoisotopic (exact) mass is 413 g/mol. The van der Waals surface area contributed by atoms with Gasteiger partial charge in [-0.05, 0) is 39.2 Å². The summed E-state index contributed by atoms with van der Waals surface area (Å²) >= 11 is 1.45. The third kappa shape index (κ3) is 4.82. The maximum absolute atomic E-state index is 12.2. The normalized spacial score (nSPS) is 14.0. The number of carbonyl (C=O) groups is 1. The van der Waals surface area contributed by atoms with Crippen LogP contribution < -0.4 is 5.32 Å². The number of amides is 1. The van der Waals surface area contributed by atoms with Crippen molar-refractivity contribution in [3.63, 3.8) is 0 Å². The lowest BCUT2D eigenvalue weighted by molar-refractivity contribution is -0.118. The van der Waals surface area contributed by atoms with E-state index < -0.39 is 0 Å². The van der Waals surface area contributed by atoms with Crippen LogP contribution in [-0.4, -0.2) is 50.7 Å². The van der Waals surface area contributed by atoms with Crippen molar-refractivity contribution >= 4 is 28.6 Å². The smallest absolute Gasteiger partial charge is 0.230 e. The molecule has 29 heavy (non-hydrogen) atoms. The molecule has 0 bridgehead atoms. The van der Waals surface area contributed by atoms with Crippen LogP contribution in [0, 0.1) is 0 Å². The number of para-hydroxylation sites is 1. The van der Waals surface area contributed by atoms with Crippen LogP contribution >= 0.6 is 11.8 Å². The second kappa shape index (κ2) is 9.00. The molecule has 3 aromatic rings. The number of aromatic nitrogens is 4. The van der Waals surface area contributed by atoms with Gasteiger partial charge in [0.15, 0.2) is 11.0 Å². The first-order valence-electron chi connectivity index (χ1n) is 10.2. The zero-order chi connectivity index (χ0) is 20.2. The molecule has 0 aliphatic heterocycles. The number of ether oxygens (including phenoxy) is 1. The topological polar surface area (TPSA) is 84.8 Å². The maximum Gasteiger partial charge on any atom is 0.230 e. The van der Waals surface area contributed by atoms with Crippen molar-refractivity contribution in [1.29, 1.82) is 0 Å². The number of aromatic amines is 1. The Morgan fingerprint density at radius 1 is 1.34 bits per heavy atom. The molecule has 2 aromatic heterocycles. The minimum Gasteiger partial charge on any atom is -0.379 e. The summed E-state index contributed by atoms with van der Waals surface area (Å²) in [6.07, 6.45) is 5.29. The molecule has 0 atom stereocenters. The first-order valence-corrected chi connectivity index (χ1v) is 11.1. The lowest BCUT2D eigenvalue weighted by atomic mass is 10.1. The molecule has 154 valence electrons. The van der Waals surface area contributed by atoms with E-state index in [2.05, 4.69) is 37.2 Å². The average molecular weight is 414 g/mol. The van der Waals surface area contributed by atoms with Crippen LogP contribution in [0.15, 0.2) is 35.6 Å². The number of nitrogens with zero attached hydrogens (tertiary/aromatic N) is 3. The van der Waals surface area contributed by atoms with Crippen LogP contribution in [0.25, 0.3) is 22.3 Å². The Labute approximate surface area is 174 Å². The summed E-state index contributed by atoms with van der Waals surface area (Å²) in [6.45, 7) is 5.31. The first kappa shape index (κ1) is 20.0. The second-order valence-electron chi connectivity index (χ2n) is 7.57. The van der Waals surface area contributed by atoms with Crippen LogP contribution in [0.2, 0.25) is 0 Å². The molecule has 0 radical (unpaired) electrons. The van der Waals surface area contributed by atoms with Crippen LogP contribution in [0.1, 0.15) is 39.2 Å². The third-order valence-corrected chi connectivity index (χ3v) is 5.78. The molecule has 1 aliphatic carbocycles. The van der Waals surface area contributed by atoms with E-state index in [9.17, 15) is 4.79 Å². The highest BCUT2D eigenvalue weighted by Crippen LogP contribution is 2.42. The molecule has 1 fully saturated rings. The number of benzene rings is 1. The van der Waals surface area contributed by atoms with E-state index in [1.54, 1.807) is 0 Å². The highest BCUT2D eigenvalue weighted by Gasteiger charge is 2.31. The maximum atomic E-state index is 12.2. The predicted molar refractivity (Wildman–Crippen MR) is 115 cm³/mol. The Balaban J connectivity index is 1.40. The summed E-state index contributed by atoms with van der Waals surface area (Å²) in [5.41, 5.74) is 2.14. The van der Waals surface area contributed by atoms with Gasteiger partial charge in [-0.2, -0.15) is 0 Å². The fourth-order valence-corrected chi connectivity index (χ4v) is 4.11. The summed E-state index contributed by atoms with van der Waals surface area (Å²) in [6, 6.07) is 8.62. The SMILES string of the molecule is CC(C)OCCCNC(=O)CSc1nnc(-c2c[nH]c3ccccc23)n1C1CC1. The van der Waals surface area contributed by atoms with Gasteiger partial charge in [0.25, 0.3) is 0 Å². The van der Waals surface area contributed by atoms with Crippen molar-refractivity contribution in [2.24, 2.45) is 0 Å². The number of fused-ring (bicyclic) bond motifs is 1. The molecule has 0 spiro atoms. The van der Waals surface area contributed by atoms with E-state index in [4.69, 9.17) is 4.74 Å². The van der Waals surface area contributed by atoms with Crippen LogP contribution in [0.4, 0.5) is 0 Å². The molecule has 0 saturated heterocycles. The fourth-order valence-electron chi connectivity index (χ4n) is 3.28. The predicted octanol–water partition coefficient (Wildman–Crippen LogP) is 3.78. The van der Waals surface area contributed by atoms with Gasteiger partial charge in [-0.25, -0.2) is 0 Å². The molecule has 1 amide bonds. The van der Waals surface area contributed by atoms with Gasteiger partial charge < -0.3 is 15.0 Å². The minimum atomic E-state index is 0.0125. The number of carbonyl (C=O) groups excluding carboxylic acids is 1. The van der Waals surface area contributed by atoms with Crippen molar-refractivity contribution in [3.8, 4) is 11.4 Å². The van der Waals surface area contributed by atoms with Gasteiger partial charge in [-0.3, -0.25) is 9.36 Å². The Morgan fingerprint density at radius 2 is 2.17 bits per heavy atom. The highest BCUT2D eigenvalue weighted by atomic mass is 32.2. The second-order valence-corrected chi connectivity index (χ2v) is 8.51. The van der Waals surface area contributed by atoms with Crippen LogP contribution in [0.5, 0.6) is 0 Å². The molecule has 1 aromatic carbocycles. The van der Waals surface area contributed by atoms with E-state index in [1.165, 1.54) is 11.8 Å². The molecule has 0 unspecified atom stereocenters. The lowest BCUT2D eigenvalue weighted by Crippen LogP contribution is -2.27. The fraction of sp³-hybridized carbons (Fsp3) is 0.476. The standard InChI is InChI=1S/C21H27N5O2S/c1-14(2)28-11-5-10-22-19(27)13-29-21-25-24-20(26(21)15-8-9-15)17-12-23-18-7-4-3-6-16(17)18/h3-4,6-7,12,14-15,23H,5,8-11,13H2,1-2H3,(H,22,27). The van der Waals surface area contributed by atoms with Crippen molar-refractivity contribution in [2.45, 2.75) is 50.4 Å². The Kier molecular flexibility index (Phi) is 6.20. The van der Waals surface area contributed by atoms with Gasteiger partial charge in [0.2, 0.25) is 5.91 Å². The van der Waals surface area contributed by atoms with Crippen molar-refractivity contribution in [3.05, 3.63) is 30.5 Å². The van der Waals surface area contributed by atoms with Gasteiger partial charge in [-0.15, -0.1) is 10.2 Å². The van der Waals surface area contributed by atoms with E-state index in [-0.39, 0.29) is 12.0 Å². The largest absolute Gasteiger partial charge is 0.379 e. The molecule has 4 rings (SSSR count). The van der Waals surface area contributed by atoms with E-state index >= 15 is 0 Å². The third-order valence-electron chi connectivity index (χ3n) is 4.83.